The Bertz CT molecular complexity index is 801. The Morgan fingerprint density at radius 2 is 2.00 bits per heavy atom. The first kappa shape index (κ1) is 15.3. The number of hydrogen-bond acceptors (Lipinski definition) is 4. The molecule has 1 aromatic carbocycles. The van der Waals surface area contributed by atoms with Crippen molar-refractivity contribution in [1.29, 1.82) is 0 Å². The van der Waals surface area contributed by atoms with Crippen molar-refractivity contribution in [3.05, 3.63) is 60.0 Å². The molecule has 0 spiro atoms. The lowest BCUT2D eigenvalue weighted by Crippen LogP contribution is -2.40. The number of hydrogen-bond donors (Lipinski definition) is 2. The molecule has 2 atom stereocenters. The molecule has 2 aromatic heterocycles. The molecule has 0 saturated carbocycles. The average Bonchev–Trinajstić information content (AvgIpc) is 3.05. The SMILES string of the molecule is OC[C@H]1CN(Cc2c[nH]c3nccnc23)CC[C@H]1c1ccccc1. The molecule has 124 valence electrons. The number of aliphatic hydroxyl groups excluding tert-OH is 1. The van der Waals surface area contributed by atoms with Crippen LogP contribution in [0.25, 0.3) is 11.2 Å². The average molecular weight is 322 g/mol. The summed E-state index contributed by atoms with van der Waals surface area (Å²) in [6.45, 7) is 3.01. The van der Waals surface area contributed by atoms with Crippen LogP contribution in [0.15, 0.2) is 48.9 Å². The van der Waals surface area contributed by atoms with Gasteiger partial charge in [-0.15, -0.1) is 0 Å². The van der Waals surface area contributed by atoms with Gasteiger partial charge in [0.05, 0.1) is 0 Å². The maximum absolute atomic E-state index is 9.88. The quantitative estimate of drug-likeness (QED) is 0.775. The largest absolute Gasteiger partial charge is 0.396 e. The Kier molecular flexibility index (Phi) is 4.28. The number of aromatic amines is 1. The van der Waals surface area contributed by atoms with E-state index in [9.17, 15) is 5.11 Å². The van der Waals surface area contributed by atoms with E-state index in [0.29, 0.717) is 5.92 Å². The lowest BCUT2D eigenvalue weighted by Gasteiger charge is -2.38. The number of likely N-dealkylation sites (tertiary alicyclic amines) is 1. The summed E-state index contributed by atoms with van der Waals surface area (Å²) in [5.74, 6) is 0.715. The molecule has 0 amide bonds. The van der Waals surface area contributed by atoms with Gasteiger partial charge in [0.15, 0.2) is 5.65 Å². The molecule has 3 aromatic rings. The number of fused-ring (bicyclic) bond motifs is 1. The second-order valence-electron chi connectivity index (χ2n) is 6.55. The maximum Gasteiger partial charge on any atom is 0.156 e. The van der Waals surface area contributed by atoms with Crippen LogP contribution < -0.4 is 0 Å². The van der Waals surface area contributed by atoms with Crippen molar-refractivity contribution in [2.24, 2.45) is 5.92 Å². The molecule has 1 saturated heterocycles. The standard InChI is InChI=1S/C19H22N4O/c24-13-16-12-23(9-6-17(16)14-4-2-1-3-5-14)11-15-10-22-19-18(15)20-7-8-21-19/h1-5,7-8,10,16-17,24H,6,9,11-13H2,(H,21,22)/t16-,17+/m1/s1. The predicted octanol–water partition coefficient (Wildman–Crippen LogP) is 2.56. The molecular formula is C19H22N4O. The molecule has 1 aliphatic rings. The highest BCUT2D eigenvalue weighted by molar-refractivity contribution is 5.74. The van der Waals surface area contributed by atoms with Gasteiger partial charge in [-0.05, 0) is 24.4 Å². The van der Waals surface area contributed by atoms with Crippen molar-refractivity contribution >= 4 is 11.2 Å². The monoisotopic (exact) mass is 322 g/mol. The summed E-state index contributed by atoms with van der Waals surface area (Å²) in [5.41, 5.74) is 4.30. The van der Waals surface area contributed by atoms with Gasteiger partial charge in [-0.3, -0.25) is 9.88 Å². The number of benzene rings is 1. The van der Waals surface area contributed by atoms with Crippen LogP contribution in [0.2, 0.25) is 0 Å². The minimum atomic E-state index is 0.226. The Morgan fingerprint density at radius 3 is 2.83 bits per heavy atom. The van der Waals surface area contributed by atoms with Gasteiger partial charge in [-0.1, -0.05) is 30.3 Å². The van der Waals surface area contributed by atoms with E-state index in [1.54, 1.807) is 12.4 Å². The second-order valence-corrected chi connectivity index (χ2v) is 6.55. The number of nitrogens with zero attached hydrogens (tertiary/aromatic N) is 3. The third kappa shape index (κ3) is 2.92. The Balaban J connectivity index is 1.49. The van der Waals surface area contributed by atoms with Crippen LogP contribution in [0.1, 0.15) is 23.5 Å². The molecule has 0 unspecified atom stereocenters. The van der Waals surface area contributed by atoms with E-state index >= 15 is 0 Å². The highest BCUT2D eigenvalue weighted by atomic mass is 16.3. The summed E-state index contributed by atoms with van der Waals surface area (Å²) in [5, 5.41) is 9.88. The van der Waals surface area contributed by atoms with E-state index in [1.165, 1.54) is 11.1 Å². The zero-order valence-electron chi connectivity index (χ0n) is 13.6. The highest BCUT2D eigenvalue weighted by Crippen LogP contribution is 2.33. The van der Waals surface area contributed by atoms with Crippen molar-refractivity contribution in [3.8, 4) is 0 Å². The topological polar surface area (TPSA) is 65.0 Å². The summed E-state index contributed by atoms with van der Waals surface area (Å²) in [7, 11) is 0. The third-order valence-electron chi connectivity index (χ3n) is 5.06. The van der Waals surface area contributed by atoms with Gasteiger partial charge < -0.3 is 10.1 Å². The fourth-order valence-electron chi connectivity index (χ4n) is 3.84. The first-order valence-electron chi connectivity index (χ1n) is 8.50. The third-order valence-corrected chi connectivity index (χ3v) is 5.06. The van der Waals surface area contributed by atoms with Crippen molar-refractivity contribution in [2.45, 2.75) is 18.9 Å². The van der Waals surface area contributed by atoms with Crippen molar-refractivity contribution in [3.63, 3.8) is 0 Å². The summed E-state index contributed by atoms with van der Waals surface area (Å²) < 4.78 is 0. The normalized spacial score (nSPS) is 22.0. The smallest absolute Gasteiger partial charge is 0.156 e. The molecule has 0 radical (unpaired) electrons. The van der Waals surface area contributed by atoms with E-state index in [-0.39, 0.29) is 12.5 Å². The van der Waals surface area contributed by atoms with Crippen molar-refractivity contribution in [1.82, 2.24) is 19.9 Å². The number of rotatable bonds is 4. The highest BCUT2D eigenvalue weighted by Gasteiger charge is 2.30. The van der Waals surface area contributed by atoms with Gasteiger partial charge in [-0.2, -0.15) is 0 Å². The summed E-state index contributed by atoms with van der Waals surface area (Å²) in [6, 6.07) is 10.6. The minimum Gasteiger partial charge on any atom is -0.396 e. The number of piperidine rings is 1. The van der Waals surface area contributed by atoms with Gasteiger partial charge in [-0.25, -0.2) is 4.98 Å². The molecule has 1 aliphatic heterocycles. The van der Waals surface area contributed by atoms with E-state index in [2.05, 4.69) is 44.1 Å². The molecule has 3 heterocycles. The van der Waals surface area contributed by atoms with Crippen LogP contribution >= 0.6 is 0 Å². The number of nitrogens with one attached hydrogen (secondary N) is 1. The fraction of sp³-hybridized carbons (Fsp3) is 0.368. The molecular weight excluding hydrogens is 300 g/mol. The van der Waals surface area contributed by atoms with Crippen LogP contribution in [0.3, 0.4) is 0 Å². The molecule has 4 rings (SSSR count). The van der Waals surface area contributed by atoms with Gasteiger partial charge in [0, 0.05) is 49.8 Å². The lowest BCUT2D eigenvalue weighted by atomic mass is 9.81. The molecule has 1 fully saturated rings. The first-order chi connectivity index (χ1) is 11.8. The Labute approximate surface area is 141 Å². The van der Waals surface area contributed by atoms with Gasteiger partial charge in [0.1, 0.15) is 5.52 Å². The van der Waals surface area contributed by atoms with Crippen molar-refractivity contribution < 1.29 is 5.11 Å². The van der Waals surface area contributed by atoms with E-state index < -0.39 is 0 Å². The van der Waals surface area contributed by atoms with Crippen LogP contribution in [0.4, 0.5) is 0 Å². The lowest BCUT2D eigenvalue weighted by molar-refractivity contribution is 0.0975. The van der Waals surface area contributed by atoms with Crippen LogP contribution in [0, 0.1) is 5.92 Å². The van der Waals surface area contributed by atoms with Gasteiger partial charge in [0.2, 0.25) is 0 Å². The van der Waals surface area contributed by atoms with Gasteiger partial charge in [0.25, 0.3) is 0 Å². The molecule has 2 N–H and O–H groups in total. The number of H-pyrrole nitrogens is 1. The first-order valence-corrected chi connectivity index (χ1v) is 8.50. The van der Waals surface area contributed by atoms with Crippen molar-refractivity contribution in [2.75, 3.05) is 19.7 Å². The van der Waals surface area contributed by atoms with E-state index in [1.807, 2.05) is 12.3 Å². The Hall–Kier alpha value is -2.24. The minimum absolute atomic E-state index is 0.226. The van der Waals surface area contributed by atoms with Crippen LogP contribution in [0.5, 0.6) is 0 Å². The summed E-state index contributed by atoms with van der Waals surface area (Å²) >= 11 is 0. The predicted molar refractivity (Wildman–Crippen MR) is 93.5 cm³/mol. The van der Waals surface area contributed by atoms with Gasteiger partial charge >= 0.3 is 0 Å². The molecule has 24 heavy (non-hydrogen) atoms. The summed E-state index contributed by atoms with van der Waals surface area (Å²) in [4.78, 5) is 14.3. The van der Waals surface area contributed by atoms with E-state index in [4.69, 9.17) is 0 Å². The second kappa shape index (κ2) is 6.71. The van der Waals surface area contributed by atoms with Crippen LogP contribution in [-0.4, -0.2) is 44.7 Å². The van der Waals surface area contributed by atoms with E-state index in [0.717, 1.165) is 37.2 Å². The molecule has 5 nitrogen and oxygen atoms in total. The number of aromatic nitrogens is 3. The fourth-order valence-corrected chi connectivity index (χ4v) is 3.84. The molecule has 0 aliphatic carbocycles. The van der Waals surface area contributed by atoms with Crippen LogP contribution in [-0.2, 0) is 6.54 Å². The Morgan fingerprint density at radius 1 is 1.17 bits per heavy atom. The molecule has 0 bridgehead atoms. The zero-order chi connectivity index (χ0) is 16.4. The number of aliphatic hydroxyl groups is 1. The molecule has 5 heteroatoms. The summed E-state index contributed by atoms with van der Waals surface area (Å²) in [6.07, 6.45) is 6.51. The zero-order valence-corrected chi connectivity index (χ0v) is 13.6. The maximum atomic E-state index is 9.88.